The van der Waals surface area contributed by atoms with Crippen molar-refractivity contribution in [3.8, 4) is 0 Å². The molecule has 0 spiro atoms. The van der Waals surface area contributed by atoms with Crippen LogP contribution < -0.4 is 9.88 Å². The van der Waals surface area contributed by atoms with Crippen molar-refractivity contribution in [2.45, 2.75) is 20.4 Å². The number of para-hydroxylation sites is 1. The number of halogens is 1. The van der Waals surface area contributed by atoms with Gasteiger partial charge in [0.1, 0.15) is 12.4 Å². The molecule has 1 heterocycles. The fraction of sp³-hybridized carbons (Fsp3) is 0.286. The highest BCUT2D eigenvalue weighted by atomic mass is 127. The second-order valence-corrected chi connectivity index (χ2v) is 4.57. The topological polar surface area (TPSA) is 37.9 Å². The summed E-state index contributed by atoms with van der Waals surface area (Å²) in [6.45, 7) is 4.32. The van der Waals surface area contributed by atoms with Crippen LogP contribution >= 0.6 is 24.0 Å². The van der Waals surface area contributed by atoms with Crippen molar-refractivity contribution in [2.75, 3.05) is 5.32 Å². The van der Waals surface area contributed by atoms with Gasteiger partial charge in [0.05, 0.1) is 7.05 Å². The Balaban J connectivity index is 0.00000180. The number of hydrogen-bond acceptors (Lipinski definition) is 1. The van der Waals surface area contributed by atoms with Crippen molar-refractivity contribution >= 4 is 35.6 Å². The Morgan fingerprint density at radius 1 is 1.32 bits per heavy atom. The van der Waals surface area contributed by atoms with E-state index in [1.807, 2.05) is 66.9 Å². The number of carbonyl (C=O) groups is 1. The minimum atomic E-state index is -0.0106. The molecule has 0 saturated carbocycles. The lowest BCUT2D eigenvalue weighted by Gasteiger charge is -2.10. The van der Waals surface area contributed by atoms with Crippen LogP contribution in [0.4, 0.5) is 5.69 Å². The number of aryl methyl sites for hydroxylation is 3. The van der Waals surface area contributed by atoms with Gasteiger partial charge in [-0.25, -0.2) is 9.13 Å². The van der Waals surface area contributed by atoms with Gasteiger partial charge in [-0.3, -0.25) is 4.79 Å². The Bertz CT molecular complexity index is 558. The third kappa shape index (κ3) is 4.05. The zero-order valence-corrected chi connectivity index (χ0v) is 13.7. The van der Waals surface area contributed by atoms with Gasteiger partial charge in [0.2, 0.25) is 6.33 Å². The van der Waals surface area contributed by atoms with Gasteiger partial charge in [-0.15, -0.1) is 24.0 Å². The maximum absolute atomic E-state index is 12.0. The van der Waals surface area contributed by atoms with Gasteiger partial charge in [0, 0.05) is 5.69 Å². The van der Waals surface area contributed by atoms with E-state index < -0.39 is 0 Å². The fourth-order valence-corrected chi connectivity index (χ4v) is 1.95. The summed E-state index contributed by atoms with van der Waals surface area (Å²) in [6.07, 6.45) is 5.67. The van der Waals surface area contributed by atoms with Crippen LogP contribution in [0.2, 0.25) is 0 Å². The molecule has 0 aliphatic rings. The average molecular weight is 372 g/mol. The Morgan fingerprint density at radius 2 is 1.95 bits per heavy atom. The van der Waals surface area contributed by atoms with Gasteiger partial charge in [-0.1, -0.05) is 18.2 Å². The predicted octanol–water partition coefficient (Wildman–Crippen LogP) is 2.19. The molecule has 1 amide bonds. The Labute approximate surface area is 130 Å². The summed E-state index contributed by atoms with van der Waals surface area (Å²) >= 11 is 0. The molecule has 0 atom stereocenters. The van der Waals surface area contributed by atoms with E-state index in [9.17, 15) is 4.79 Å². The molecule has 0 aliphatic carbocycles. The Morgan fingerprint density at radius 3 is 2.47 bits per heavy atom. The minimum absolute atomic E-state index is 0. The van der Waals surface area contributed by atoms with Crippen molar-refractivity contribution in [3.63, 3.8) is 0 Å². The number of anilines is 1. The van der Waals surface area contributed by atoms with Crippen LogP contribution in [-0.2, 0) is 18.4 Å². The predicted molar refractivity (Wildman–Crippen MR) is 85.6 cm³/mol. The van der Waals surface area contributed by atoms with Crippen molar-refractivity contribution in [1.82, 2.24) is 4.57 Å². The van der Waals surface area contributed by atoms with Gasteiger partial charge in [0.25, 0.3) is 5.91 Å². The molecule has 0 unspecified atom stereocenters. The number of rotatable bonds is 3. The van der Waals surface area contributed by atoms with Crippen molar-refractivity contribution in [3.05, 3.63) is 48.0 Å². The highest BCUT2D eigenvalue weighted by Crippen LogP contribution is 2.19. The molecule has 2 rings (SSSR count). The third-order valence-corrected chi connectivity index (χ3v) is 2.90. The molecule has 0 fully saturated rings. The molecule has 0 aliphatic heterocycles. The monoisotopic (exact) mass is 372 g/mol. The van der Waals surface area contributed by atoms with Gasteiger partial charge in [-0.05, 0) is 25.0 Å². The quantitative estimate of drug-likeness (QED) is 0.651. The lowest BCUT2D eigenvalue weighted by Crippen LogP contribution is -2.25. The summed E-state index contributed by atoms with van der Waals surface area (Å²) in [7, 11) is 1.93. The summed E-state index contributed by atoms with van der Waals surface area (Å²) in [5.74, 6) is -0.0106. The van der Waals surface area contributed by atoms with Crippen molar-refractivity contribution < 1.29 is 9.36 Å². The maximum Gasteiger partial charge on any atom is 0.266 e. The first-order chi connectivity index (χ1) is 8.56. The van der Waals surface area contributed by atoms with E-state index in [1.54, 1.807) is 0 Å². The van der Waals surface area contributed by atoms with Crippen LogP contribution in [0.3, 0.4) is 0 Å². The number of aromatic nitrogens is 2. The number of hydrogen-bond donors (Lipinski definition) is 1. The van der Waals surface area contributed by atoms with Crippen LogP contribution in [0.5, 0.6) is 0 Å². The molecule has 1 N–H and O–H groups in total. The Hall–Kier alpha value is -1.37. The summed E-state index contributed by atoms with van der Waals surface area (Å²) in [5, 5.41) is 2.97. The molecular weight excluding hydrogens is 353 g/mol. The molecule has 102 valence electrons. The molecule has 2 aromatic rings. The average Bonchev–Trinajstić information content (AvgIpc) is 2.69. The van der Waals surface area contributed by atoms with E-state index in [1.165, 1.54) is 0 Å². The van der Waals surface area contributed by atoms with E-state index in [2.05, 4.69) is 5.32 Å². The van der Waals surface area contributed by atoms with E-state index in [4.69, 9.17) is 0 Å². The van der Waals surface area contributed by atoms with Crippen LogP contribution in [0, 0.1) is 13.8 Å². The number of imidazole rings is 1. The van der Waals surface area contributed by atoms with E-state index in [-0.39, 0.29) is 29.9 Å². The van der Waals surface area contributed by atoms with E-state index in [0.29, 0.717) is 6.54 Å². The molecule has 1 aromatic carbocycles. The van der Waals surface area contributed by atoms with Crippen LogP contribution in [0.15, 0.2) is 36.9 Å². The summed E-state index contributed by atoms with van der Waals surface area (Å²) in [4.78, 5) is 12.0. The lowest BCUT2D eigenvalue weighted by molar-refractivity contribution is -0.671. The van der Waals surface area contributed by atoms with Crippen molar-refractivity contribution in [2.24, 2.45) is 7.05 Å². The summed E-state index contributed by atoms with van der Waals surface area (Å²) in [5.41, 5.74) is 3.09. The molecule has 0 bridgehead atoms. The standard InChI is InChI=1S/C14H17N3O.HI/c1-11-5-4-6-12(2)14(11)15-13(18)9-17-8-7-16(3)10-17;/h4-8,10H,9H2,1-3H3;1H/p+1. The minimum Gasteiger partial charge on any atom is -0.322 e. The smallest absolute Gasteiger partial charge is 0.266 e. The first kappa shape index (κ1) is 15.7. The summed E-state index contributed by atoms with van der Waals surface area (Å²) in [6, 6.07) is 5.99. The molecular formula is C14H19IN3O+. The second-order valence-electron chi connectivity index (χ2n) is 4.57. The number of amides is 1. The fourth-order valence-electron chi connectivity index (χ4n) is 1.95. The summed E-state index contributed by atoms with van der Waals surface area (Å²) < 4.78 is 3.76. The molecule has 19 heavy (non-hydrogen) atoms. The lowest BCUT2D eigenvalue weighted by atomic mass is 10.1. The zero-order chi connectivity index (χ0) is 13.1. The van der Waals surface area contributed by atoms with Crippen LogP contribution in [0.1, 0.15) is 11.1 Å². The van der Waals surface area contributed by atoms with Gasteiger partial charge >= 0.3 is 0 Å². The number of benzene rings is 1. The SMILES string of the molecule is Cc1cccc(C)c1NC(=O)Cn1cc[n+](C)c1.I. The maximum atomic E-state index is 12.0. The number of nitrogens with one attached hydrogen (secondary N) is 1. The molecule has 0 saturated heterocycles. The van der Waals surface area contributed by atoms with Crippen LogP contribution in [-0.4, -0.2) is 10.5 Å². The van der Waals surface area contributed by atoms with Crippen LogP contribution in [0.25, 0.3) is 0 Å². The van der Waals surface area contributed by atoms with Gasteiger partial charge < -0.3 is 5.32 Å². The van der Waals surface area contributed by atoms with E-state index >= 15 is 0 Å². The zero-order valence-electron chi connectivity index (χ0n) is 11.4. The first-order valence-corrected chi connectivity index (χ1v) is 5.93. The van der Waals surface area contributed by atoms with Gasteiger partial charge in [-0.2, -0.15) is 0 Å². The first-order valence-electron chi connectivity index (χ1n) is 5.93. The highest BCUT2D eigenvalue weighted by Gasteiger charge is 2.10. The molecule has 4 nitrogen and oxygen atoms in total. The number of nitrogens with zero attached hydrogens (tertiary/aromatic N) is 2. The second kappa shape index (κ2) is 6.70. The van der Waals surface area contributed by atoms with Crippen molar-refractivity contribution in [1.29, 1.82) is 0 Å². The molecule has 0 radical (unpaired) electrons. The highest BCUT2D eigenvalue weighted by molar-refractivity contribution is 14.0. The van der Waals surface area contributed by atoms with Gasteiger partial charge in [0.15, 0.2) is 6.54 Å². The Kier molecular flexibility index (Phi) is 5.53. The molecule has 1 aromatic heterocycles. The van der Waals surface area contributed by atoms with E-state index in [0.717, 1.165) is 16.8 Å². The molecule has 5 heteroatoms. The third-order valence-electron chi connectivity index (χ3n) is 2.90. The number of carbonyl (C=O) groups excluding carboxylic acids is 1. The largest absolute Gasteiger partial charge is 0.322 e. The normalized spacial score (nSPS) is 9.84.